The van der Waals surface area contributed by atoms with Crippen LogP contribution in [0.15, 0.2) is 18.2 Å². The molecule has 182 valence electrons. The predicted molar refractivity (Wildman–Crippen MR) is 119 cm³/mol. The van der Waals surface area contributed by atoms with Crippen LogP contribution in [0.4, 0.5) is 11.4 Å². The van der Waals surface area contributed by atoms with E-state index in [1.165, 1.54) is 6.07 Å². The summed E-state index contributed by atoms with van der Waals surface area (Å²) in [5, 5.41) is 65.4. The van der Waals surface area contributed by atoms with E-state index < -0.39 is 29.3 Å². The van der Waals surface area contributed by atoms with Crippen molar-refractivity contribution >= 4 is 11.4 Å². The van der Waals surface area contributed by atoms with Crippen LogP contribution < -0.4 is 10.6 Å². The first-order chi connectivity index (χ1) is 15.4. The maximum atomic E-state index is 11.4. The van der Waals surface area contributed by atoms with E-state index in [0.717, 1.165) is 31.2 Å². The third kappa shape index (κ3) is 7.62. The van der Waals surface area contributed by atoms with Crippen molar-refractivity contribution in [3.05, 3.63) is 33.9 Å². The van der Waals surface area contributed by atoms with Gasteiger partial charge >= 0.3 is 0 Å². The first-order valence-electron chi connectivity index (χ1n) is 11.1. The van der Waals surface area contributed by atoms with Crippen molar-refractivity contribution in [2.75, 3.05) is 44.7 Å². The number of aliphatic hydroxyl groups excluding tert-OH is 5. The summed E-state index contributed by atoms with van der Waals surface area (Å²) < 4.78 is 0. The van der Waals surface area contributed by atoms with E-state index in [-0.39, 0.29) is 25.4 Å². The molecule has 0 saturated carbocycles. The third-order valence-electron chi connectivity index (χ3n) is 5.78. The third-order valence-corrected chi connectivity index (χ3v) is 5.78. The van der Waals surface area contributed by atoms with Gasteiger partial charge in [-0.1, -0.05) is 18.9 Å². The highest BCUT2D eigenvalue weighted by Crippen LogP contribution is 2.26. The Labute approximate surface area is 187 Å². The lowest BCUT2D eigenvalue weighted by atomic mass is 9.94. The molecule has 11 heteroatoms. The number of aliphatic hydroxyl groups is 5. The second kappa shape index (κ2) is 13.6. The SMILES string of the molecule is O=[N+]([O-])c1cc(CNCCO)ccc1NCCCCCCN1C[C@H](O)[C@@H](O)[C@H](O)[C@H]1CO. The summed E-state index contributed by atoms with van der Waals surface area (Å²) in [5.74, 6) is 0. The fourth-order valence-corrected chi connectivity index (χ4v) is 3.95. The minimum atomic E-state index is -1.25. The molecular formula is C21H36N4O7. The number of nitro benzene ring substituents is 1. The van der Waals surface area contributed by atoms with Gasteiger partial charge in [-0.05, 0) is 31.0 Å². The number of anilines is 1. The number of hydrogen-bond acceptors (Lipinski definition) is 10. The summed E-state index contributed by atoms with van der Waals surface area (Å²) in [6.45, 7) is 1.99. The second-order valence-corrected chi connectivity index (χ2v) is 8.14. The quantitative estimate of drug-likeness (QED) is 0.109. The van der Waals surface area contributed by atoms with Crippen molar-refractivity contribution in [3.8, 4) is 0 Å². The van der Waals surface area contributed by atoms with E-state index in [0.29, 0.717) is 31.9 Å². The monoisotopic (exact) mass is 456 g/mol. The highest BCUT2D eigenvalue weighted by Gasteiger charge is 2.40. The Balaban J connectivity index is 1.71. The number of hydrogen-bond donors (Lipinski definition) is 7. The summed E-state index contributed by atoms with van der Waals surface area (Å²) >= 11 is 0. The van der Waals surface area contributed by atoms with Crippen LogP contribution in [-0.2, 0) is 6.54 Å². The van der Waals surface area contributed by atoms with Gasteiger partial charge in [0.2, 0.25) is 0 Å². The number of likely N-dealkylation sites (tertiary alicyclic amines) is 1. The van der Waals surface area contributed by atoms with Gasteiger partial charge in [-0.2, -0.15) is 0 Å². The molecule has 1 aliphatic heterocycles. The van der Waals surface area contributed by atoms with Crippen molar-refractivity contribution in [3.63, 3.8) is 0 Å². The van der Waals surface area contributed by atoms with E-state index in [1.807, 2.05) is 6.07 Å². The molecule has 7 N–H and O–H groups in total. The Kier molecular flexibility index (Phi) is 11.2. The molecule has 0 aromatic heterocycles. The smallest absolute Gasteiger partial charge is 0.292 e. The zero-order valence-corrected chi connectivity index (χ0v) is 18.3. The van der Waals surface area contributed by atoms with Gasteiger partial charge in [-0.15, -0.1) is 0 Å². The Morgan fingerprint density at radius 1 is 1.06 bits per heavy atom. The van der Waals surface area contributed by atoms with Crippen molar-refractivity contribution in [2.45, 2.75) is 56.6 Å². The number of β-amino-alcohol motifs (C(OH)–C–C–N with tert-alkyl or cyclic N) is 1. The van der Waals surface area contributed by atoms with Crippen LogP contribution in [0, 0.1) is 10.1 Å². The molecule has 0 bridgehead atoms. The van der Waals surface area contributed by atoms with Crippen molar-refractivity contribution in [1.29, 1.82) is 0 Å². The molecule has 32 heavy (non-hydrogen) atoms. The molecule has 1 saturated heterocycles. The molecule has 11 nitrogen and oxygen atoms in total. The maximum absolute atomic E-state index is 11.4. The summed E-state index contributed by atoms with van der Waals surface area (Å²) in [5.41, 5.74) is 1.27. The van der Waals surface area contributed by atoms with Crippen LogP contribution in [0.3, 0.4) is 0 Å². The Morgan fingerprint density at radius 2 is 1.81 bits per heavy atom. The fraction of sp³-hybridized carbons (Fsp3) is 0.714. The first kappa shape index (κ1) is 26.4. The lowest BCUT2D eigenvalue weighted by Gasteiger charge is -2.43. The summed E-state index contributed by atoms with van der Waals surface area (Å²) in [4.78, 5) is 12.8. The standard InChI is InChI=1S/C21H36N4O7/c26-10-8-22-12-15-5-6-16(17(11-15)25(31)32)23-7-3-1-2-4-9-24-13-19(28)21(30)20(29)18(24)14-27/h5-6,11,18-23,26-30H,1-4,7-10,12-14H2/t18-,19+,20-,21-/m1/s1. The Bertz CT molecular complexity index is 709. The van der Waals surface area contributed by atoms with Gasteiger partial charge in [-0.25, -0.2) is 0 Å². The van der Waals surface area contributed by atoms with Crippen LogP contribution in [0.5, 0.6) is 0 Å². The molecule has 1 heterocycles. The van der Waals surface area contributed by atoms with Gasteiger partial charge in [0.1, 0.15) is 17.9 Å². The van der Waals surface area contributed by atoms with Crippen LogP contribution in [0.2, 0.25) is 0 Å². The molecule has 0 spiro atoms. The molecule has 1 fully saturated rings. The number of nitrogens with zero attached hydrogens (tertiary/aromatic N) is 2. The van der Waals surface area contributed by atoms with Crippen LogP contribution >= 0.6 is 0 Å². The number of rotatable bonds is 14. The van der Waals surface area contributed by atoms with E-state index in [1.54, 1.807) is 11.0 Å². The predicted octanol–water partition coefficient (Wildman–Crippen LogP) is -0.592. The van der Waals surface area contributed by atoms with E-state index >= 15 is 0 Å². The summed E-state index contributed by atoms with van der Waals surface area (Å²) in [6, 6.07) is 4.46. The topological polar surface area (TPSA) is 172 Å². The molecule has 0 aliphatic carbocycles. The zero-order chi connectivity index (χ0) is 23.5. The lowest BCUT2D eigenvalue weighted by Crippen LogP contribution is -2.62. The average molecular weight is 457 g/mol. The molecule has 0 amide bonds. The molecule has 1 aromatic rings. The van der Waals surface area contributed by atoms with Gasteiger partial charge in [0.25, 0.3) is 5.69 Å². The van der Waals surface area contributed by atoms with E-state index in [2.05, 4.69) is 10.6 Å². The average Bonchev–Trinajstić information content (AvgIpc) is 2.77. The normalized spacial score (nSPS) is 23.9. The molecular weight excluding hydrogens is 420 g/mol. The highest BCUT2D eigenvalue weighted by molar-refractivity contribution is 5.62. The maximum Gasteiger partial charge on any atom is 0.292 e. The minimum absolute atomic E-state index is 0.00874. The van der Waals surface area contributed by atoms with E-state index in [4.69, 9.17) is 5.11 Å². The molecule has 0 unspecified atom stereocenters. The van der Waals surface area contributed by atoms with Crippen LogP contribution in [0.1, 0.15) is 31.2 Å². The van der Waals surface area contributed by atoms with Gasteiger partial charge in [0.15, 0.2) is 0 Å². The summed E-state index contributed by atoms with van der Waals surface area (Å²) in [7, 11) is 0. The molecule has 1 aromatic carbocycles. The van der Waals surface area contributed by atoms with Crippen molar-refractivity contribution in [1.82, 2.24) is 10.2 Å². The Hall–Kier alpha value is -1.86. The Morgan fingerprint density at radius 3 is 2.50 bits per heavy atom. The number of piperidine rings is 1. The highest BCUT2D eigenvalue weighted by atomic mass is 16.6. The van der Waals surface area contributed by atoms with Gasteiger partial charge in [0, 0.05) is 32.2 Å². The number of unbranched alkanes of at least 4 members (excludes halogenated alkanes) is 3. The number of nitrogens with one attached hydrogen (secondary N) is 2. The zero-order valence-electron chi connectivity index (χ0n) is 18.3. The lowest BCUT2D eigenvalue weighted by molar-refractivity contribution is -0.384. The largest absolute Gasteiger partial charge is 0.395 e. The summed E-state index contributed by atoms with van der Waals surface area (Å²) in [6.07, 6.45) is -0.0426. The van der Waals surface area contributed by atoms with Crippen LogP contribution in [-0.4, -0.2) is 99.1 Å². The van der Waals surface area contributed by atoms with Gasteiger partial charge in [0.05, 0.1) is 30.3 Å². The first-order valence-corrected chi connectivity index (χ1v) is 11.1. The van der Waals surface area contributed by atoms with Crippen LogP contribution in [0.25, 0.3) is 0 Å². The molecule has 4 atom stereocenters. The van der Waals surface area contributed by atoms with Gasteiger partial charge < -0.3 is 36.2 Å². The fourth-order valence-electron chi connectivity index (χ4n) is 3.95. The van der Waals surface area contributed by atoms with E-state index in [9.17, 15) is 30.5 Å². The molecule has 1 aliphatic rings. The second-order valence-electron chi connectivity index (χ2n) is 8.14. The number of nitro groups is 1. The number of benzene rings is 1. The molecule has 2 rings (SSSR count). The van der Waals surface area contributed by atoms with Crippen molar-refractivity contribution in [2.24, 2.45) is 0 Å². The van der Waals surface area contributed by atoms with Gasteiger partial charge in [-0.3, -0.25) is 15.0 Å². The minimum Gasteiger partial charge on any atom is -0.395 e. The van der Waals surface area contributed by atoms with Crippen molar-refractivity contribution < 1.29 is 30.5 Å². The molecule has 0 radical (unpaired) electrons.